The maximum absolute atomic E-state index is 12.9. The number of hydrogen-bond donors (Lipinski definition) is 3. The van der Waals surface area contributed by atoms with Gasteiger partial charge >= 0.3 is 6.18 Å². The Morgan fingerprint density at radius 2 is 1.61 bits per heavy atom. The van der Waals surface area contributed by atoms with Crippen molar-refractivity contribution in [3.8, 4) is 0 Å². The van der Waals surface area contributed by atoms with Gasteiger partial charge in [-0.2, -0.15) is 13.2 Å². The highest BCUT2D eigenvalue weighted by Crippen LogP contribution is 2.32. The molecule has 0 unspecified atom stereocenters. The molecule has 0 saturated heterocycles. The van der Waals surface area contributed by atoms with E-state index in [4.69, 9.17) is 0 Å². The van der Waals surface area contributed by atoms with Gasteiger partial charge in [0.2, 0.25) is 5.91 Å². The number of carbonyl (C=O) groups is 1. The third-order valence-electron chi connectivity index (χ3n) is 3.82. The van der Waals surface area contributed by atoms with E-state index in [2.05, 4.69) is 20.9 Å². The number of rotatable bonds is 5. The first kappa shape index (κ1) is 26.5. The summed E-state index contributed by atoms with van der Waals surface area (Å²) in [7, 11) is 1.56. The van der Waals surface area contributed by atoms with Crippen LogP contribution in [0.2, 0.25) is 0 Å². The standard InChI is InChI=1S/C19H29F3N4O.HI/c1-17(2,3)26-15(27)11-24-16(23-6)25-12-18(4,5)13-8-7-9-14(10-13)19(20,21)22;/h7-10H,11-12H2,1-6H3,(H,26,27)(H2,23,24,25);1H. The monoisotopic (exact) mass is 514 g/mol. The van der Waals surface area contributed by atoms with Crippen LogP contribution in [0.3, 0.4) is 0 Å². The van der Waals surface area contributed by atoms with Crippen molar-refractivity contribution in [1.82, 2.24) is 16.0 Å². The Morgan fingerprint density at radius 1 is 1.04 bits per heavy atom. The molecule has 9 heteroatoms. The third-order valence-corrected chi connectivity index (χ3v) is 3.82. The van der Waals surface area contributed by atoms with Crippen LogP contribution in [0.1, 0.15) is 45.7 Å². The first-order valence-electron chi connectivity index (χ1n) is 8.68. The average Bonchev–Trinajstić information content (AvgIpc) is 2.52. The minimum atomic E-state index is -4.38. The second-order valence-electron chi connectivity index (χ2n) is 8.04. The van der Waals surface area contributed by atoms with Gasteiger partial charge in [-0.3, -0.25) is 9.79 Å². The summed E-state index contributed by atoms with van der Waals surface area (Å²) in [6, 6.07) is 5.30. The van der Waals surface area contributed by atoms with Gasteiger partial charge in [-0.05, 0) is 32.4 Å². The number of halogens is 4. The molecule has 160 valence electrons. The van der Waals surface area contributed by atoms with Gasteiger partial charge in [0.05, 0.1) is 12.1 Å². The van der Waals surface area contributed by atoms with E-state index in [1.807, 2.05) is 34.6 Å². The van der Waals surface area contributed by atoms with Gasteiger partial charge in [0.25, 0.3) is 0 Å². The van der Waals surface area contributed by atoms with E-state index in [0.29, 0.717) is 18.1 Å². The normalized spacial score (nSPS) is 12.8. The highest BCUT2D eigenvalue weighted by molar-refractivity contribution is 14.0. The molecule has 0 saturated carbocycles. The SMILES string of the molecule is CN=C(NCC(=O)NC(C)(C)C)NCC(C)(C)c1cccc(C(F)(F)F)c1.I. The second kappa shape index (κ2) is 10.3. The van der Waals surface area contributed by atoms with Gasteiger partial charge in [0, 0.05) is 24.5 Å². The summed E-state index contributed by atoms with van der Waals surface area (Å²) in [5.41, 5.74) is -1.02. The molecular weight excluding hydrogens is 484 g/mol. The summed E-state index contributed by atoms with van der Waals surface area (Å²) in [6.45, 7) is 9.72. The first-order chi connectivity index (χ1) is 12.2. The number of hydrogen-bond acceptors (Lipinski definition) is 2. The Balaban J connectivity index is 0.00000729. The quantitative estimate of drug-likeness (QED) is 0.319. The Bertz CT molecular complexity index is 682. The van der Waals surface area contributed by atoms with Crippen molar-refractivity contribution in [2.75, 3.05) is 20.1 Å². The molecule has 0 aliphatic heterocycles. The van der Waals surface area contributed by atoms with Gasteiger partial charge < -0.3 is 16.0 Å². The van der Waals surface area contributed by atoms with Crippen LogP contribution in [-0.2, 0) is 16.4 Å². The number of nitrogens with one attached hydrogen (secondary N) is 3. The molecule has 0 bridgehead atoms. The van der Waals surface area contributed by atoms with E-state index in [-0.39, 0.29) is 42.0 Å². The first-order valence-corrected chi connectivity index (χ1v) is 8.68. The lowest BCUT2D eigenvalue weighted by atomic mass is 9.84. The fourth-order valence-electron chi connectivity index (χ4n) is 2.37. The summed E-state index contributed by atoms with van der Waals surface area (Å²) < 4.78 is 38.8. The van der Waals surface area contributed by atoms with Crippen LogP contribution in [0.4, 0.5) is 13.2 Å². The molecule has 0 radical (unpaired) electrons. The lowest BCUT2D eigenvalue weighted by molar-refractivity contribution is -0.137. The van der Waals surface area contributed by atoms with Crippen LogP contribution in [-0.4, -0.2) is 37.5 Å². The predicted molar refractivity (Wildman–Crippen MR) is 117 cm³/mol. The maximum Gasteiger partial charge on any atom is 0.416 e. The molecule has 28 heavy (non-hydrogen) atoms. The minimum Gasteiger partial charge on any atom is -0.356 e. The molecule has 0 spiro atoms. The molecule has 0 aromatic heterocycles. The van der Waals surface area contributed by atoms with Crippen molar-refractivity contribution < 1.29 is 18.0 Å². The van der Waals surface area contributed by atoms with E-state index in [1.165, 1.54) is 6.07 Å². The Morgan fingerprint density at radius 3 is 2.11 bits per heavy atom. The molecule has 3 N–H and O–H groups in total. The van der Waals surface area contributed by atoms with E-state index < -0.39 is 17.2 Å². The zero-order valence-corrected chi connectivity index (χ0v) is 19.5. The Hall–Kier alpha value is -1.52. The minimum absolute atomic E-state index is 0. The number of carbonyl (C=O) groups excluding carboxylic acids is 1. The van der Waals surface area contributed by atoms with Gasteiger partial charge in [-0.15, -0.1) is 24.0 Å². The Labute approximate surface area is 182 Å². The molecule has 0 heterocycles. The fourth-order valence-corrected chi connectivity index (χ4v) is 2.37. The summed E-state index contributed by atoms with van der Waals surface area (Å²) in [6.07, 6.45) is -4.38. The molecule has 0 fully saturated rings. The molecular formula is C19H30F3IN4O. The van der Waals surface area contributed by atoms with Crippen LogP contribution in [0.15, 0.2) is 29.3 Å². The lowest BCUT2D eigenvalue weighted by Gasteiger charge is -2.27. The van der Waals surface area contributed by atoms with Gasteiger partial charge in [-0.25, -0.2) is 0 Å². The number of aliphatic imine (C=N–C) groups is 1. The van der Waals surface area contributed by atoms with Gasteiger partial charge in [0.15, 0.2) is 5.96 Å². The number of guanidine groups is 1. The summed E-state index contributed by atoms with van der Waals surface area (Å²) in [5.74, 6) is 0.224. The Kier molecular flexibility index (Phi) is 9.75. The molecule has 1 aromatic carbocycles. The molecule has 0 atom stereocenters. The molecule has 0 aliphatic carbocycles. The van der Waals surface area contributed by atoms with Crippen molar-refractivity contribution in [3.63, 3.8) is 0 Å². The topological polar surface area (TPSA) is 65.5 Å². The highest BCUT2D eigenvalue weighted by atomic mass is 127. The van der Waals surface area contributed by atoms with Crippen molar-refractivity contribution in [2.45, 2.75) is 51.7 Å². The lowest BCUT2D eigenvalue weighted by Crippen LogP contribution is -2.49. The second-order valence-corrected chi connectivity index (χ2v) is 8.04. The largest absolute Gasteiger partial charge is 0.416 e. The van der Waals surface area contributed by atoms with Crippen LogP contribution >= 0.6 is 24.0 Å². The van der Waals surface area contributed by atoms with Crippen LogP contribution < -0.4 is 16.0 Å². The van der Waals surface area contributed by atoms with Crippen molar-refractivity contribution >= 4 is 35.8 Å². The highest BCUT2D eigenvalue weighted by Gasteiger charge is 2.32. The smallest absolute Gasteiger partial charge is 0.356 e. The molecule has 1 aromatic rings. The summed E-state index contributed by atoms with van der Waals surface area (Å²) in [5, 5.41) is 8.79. The molecule has 5 nitrogen and oxygen atoms in total. The van der Waals surface area contributed by atoms with E-state index in [0.717, 1.165) is 12.1 Å². The van der Waals surface area contributed by atoms with Crippen LogP contribution in [0, 0.1) is 0 Å². The predicted octanol–water partition coefficient (Wildman–Crippen LogP) is 3.68. The third kappa shape index (κ3) is 9.11. The van der Waals surface area contributed by atoms with Crippen molar-refractivity contribution in [1.29, 1.82) is 0 Å². The maximum atomic E-state index is 12.9. The van der Waals surface area contributed by atoms with Crippen molar-refractivity contribution in [2.24, 2.45) is 4.99 Å². The molecule has 1 amide bonds. The van der Waals surface area contributed by atoms with Crippen LogP contribution in [0.5, 0.6) is 0 Å². The zero-order chi connectivity index (χ0) is 20.9. The number of nitrogens with zero attached hydrogens (tertiary/aromatic N) is 1. The summed E-state index contributed by atoms with van der Waals surface area (Å²) >= 11 is 0. The average molecular weight is 514 g/mol. The van der Waals surface area contributed by atoms with E-state index in [9.17, 15) is 18.0 Å². The number of alkyl halides is 3. The number of amides is 1. The molecule has 1 rings (SSSR count). The summed E-state index contributed by atoms with van der Waals surface area (Å²) in [4.78, 5) is 15.9. The fraction of sp³-hybridized carbons (Fsp3) is 0.579. The zero-order valence-electron chi connectivity index (χ0n) is 17.1. The van der Waals surface area contributed by atoms with Crippen molar-refractivity contribution in [3.05, 3.63) is 35.4 Å². The van der Waals surface area contributed by atoms with Crippen LogP contribution in [0.25, 0.3) is 0 Å². The number of benzene rings is 1. The van der Waals surface area contributed by atoms with E-state index in [1.54, 1.807) is 13.1 Å². The molecule has 0 aliphatic rings. The van der Waals surface area contributed by atoms with E-state index >= 15 is 0 Å². The van der Waals surface area contributed by atoms with Gasteiger partial charge in [0.1, 0.15) is 0 Å². The van der Waals surface area contributed by atoms with Gasteiger partial charge in [-0.1, -0.05) is 32.0 Å².